The average molecular weight is 257 g/mol. The van der Waals surface area contributed by atoms with Gasteiger partial charge < -0.3 is 10.4 Å². The van der Waals surface area contributed by atoms with E-state index in [0.717, 1.165) is 12.8 Å². The topological polar surface area (TPSA) is 49.3 Å². The maximum absolute atomic E-state index is 10.7. The van der Waals surface area contributed by atoms with Crippen molar-refractivity contribution in [3.63, 3.8) is 0 Å². The van der Waals surface area contributed by atoms with Crippen molar-refractivity contribution in [1.29, 1.82) is 0 Å². The molecule has 4 heteroatoms. The number of carboxylic acids is 1. The number of aliphatic carboxylic acids is 1. The molecule has 2 N–H and O–H groups in total. The van der Waals surface area contributed by atoms with Gasteiger partial charge in [-0.3, -0.25) is 4.79 Å². The SMILES string of the molecule is CC(C)=CCCC(C)=CCN[C@@H](CS)C(=O)O. The van der Waals surface area contributed by atoms with Crippen LogP contribution in [0.3, 0.4) is 0 Å². The highest BCUT2D eigenvalue weighted by Crippen LogP contribution is 2.05. The third kappa shape index (κ3) is 9.01. The molecule has 0 aliphatic carbocycles. The molecule has 0 fully saturated rings. The van der Waals surface area contributed by atoms with E-state index in [-0.39, 0.29) is 0 Å². The number of allylic oxidation sites excluding steroid dienone is 3. The Balaban J connectivity index is 3.91. The van der Waals surface area contributed by atoms with E-state index < -0.39 is 12.0 Å². The molecule has 0 bridgehead atoms. The highest BCUT2D eigenvalue weighted by molar-refractivity contribution is 7.80. The maximum Gasteiger partial charge on any atom is 0.321 e. The summed E-state index contributed by atoms with van der Waals surface area (Å²) in [5.74, 6) is -0.546. The lowest BCUT2D eigenvalue weighted by Gasteiger charge is -2.09. The van der Waals surface area contributed by atoms with Gasteiger partial charge in [0.1, 0.15) is 6.04 Å². The number of carbonyl (C=O) groups is 1. The Morgan fingerprint density at radius 2 is 2.00 bits per heavy atom. The van der Waals surface area contributed by atoms with Crippen LogP contribution in [-0.2, 0) is 4.79 Å². The van der Waals surface area contributed by atoms with Crippen molar-refractivity contribution in [3.8, 4) is 0 Å². The fraction of sp³-hybridized carbons (Fsp3) is 0.615. The molecule has 0 heterocycles. The van der Waals surface area contributed by atoms with Crippen LogP contribution in [0.2, 0.25) is 0 Å². The van der Waals surface area contributed by atoms with Crippen LogP contribution in [0, 0.1) is 0 Å². The molecule has 1 atom stereocenters. The molecule has 0 saturated carbocycles. The lowest BCUT2D eigenvalue weighted by atomic mass is 10.1. The Bertz CT molecular complexity index is 294. The minimum absolute atomic E-state index is 0.306. The predicted molar refractivity (Wildman–Crippen MR) is 75.7 cm³/mol. The fourth-order valence-corrected chi connectivity index (χ4v) is 1.58. The molecule has 0 aliphatic rings. The minimum Gasteiger partial charge on any atom is -0.480 e. The van der Waals surface area contributed by atoms with Gasteiger partial charge in [-0.2, -0.15) is 12.6 Å². The maximum atomic E-state index is 10.7. The van der Waals surface area contributed by atoms with E-state index in [2.05, 4.69) is 44.8 Å². The van der Waals surface area contributed by atoms with E-state index in [1.165, 1.54) is 11.1 Å². The summed E-state index contributed by atoms with van der Waals surface area (Å²) in [5.41, 5.74) is 2.61. The first kappa shape index (κ1) is 16.3. The fourth-order valence-electron chi connectivity index (χ4n) is 1.30. The Labute approximate surface area is 109 Å². The summed E-state index contributed by atoms with van der Waals surface area (Å²) >= 11 is 3.99. The van der Waals surface area contributed by atoms with Crippen molar-refractivity contribution in [2.75, 3.05) is 12.3 Å². The first-order chi connectivity index (χ1) is 7.97. The molecule has 0 rings (SSSR count). The van der Waals surface area contributed by atoms with Crippen LogP contribution in [0.25, 0.3) is 0 Å². The predicted octanol–water partition coefficient (Wildman–Crippen LogP) is 2.65. The number of rotatable bonds is 8. The van der Waals surface area contributed by atoms with Gasteiger partial charge in [-0.05, 0) is 33.6 Å². The molecule has 98 valence electrons. The molecule has 0 saturated heterocycles. The lowest BCUT2D eigenvalue weighted by Crippen LogP contribution is -2.38. The molecule has 3 nitrogen and oxygen atoms in total. The Hall–Kier alpha value is -0.740. The van der Waals surface area contributed by atoms with Crippen LogP contribution in [0.5, 0.6) is 0 Å². The summed E-state index contributed by atoms with van der Waals surface area (Å²) in [6.45, 7) is 6.82. The normalized spacial score (nSPS) is 13.3. The molecule has 0 amide bonds. The van der Waals surface area contributed by atoms with Crippen molar-refractivity contribution in [2.45, 2.75) is 39.7 Å². The highest BCUT2D eigenvalue weighted by Gasteiger charge is 2.12. The summed E-state index contributed by atoms with van der Waals surface area (Å²) in [6.07, 6.45) is 6.31. The van der Waals surface area contributed by atoms with Crippen LogP contribution in [0.4, 0.5) is 0 Å². The van der Waals surface area contributed by atoms with Gasteiger partial charge in [0, 0.05) is 12.3 Å². The van der Waals surface area contributed by atoms with Gasteiger partial charge in [-0.25, -0.2) is 0 Å². The highest BCUT2D eigenvalue weighted by atomic mass is 32.1. The summed E-state index contributed by atoms with van der Waals surface area (Å²) in [6, 6.07) is -0.569. The second kappa shape index (κ2) is 9.31. The molecular weight excluding hydrogens is 234 g/mol. The second-order valence-electron chi connectivity index (χ2n) is 4.35. The van der Waals surface area contributed by atoms with Gasteiger partial charge in [0.2, 0.25) is 0 Å². The number of hydrogen-bond acceptors (Lipinski definition) is 3. The van der Waals surface area contributed by atoms with Crippen molar-refractivity contribution >= 4 is 18.6 Å². The van der Waals surface area contributed by atoms with Gasteiger partial charge >= 0.3 is 5.97 Å². The Morgan fingerprint density at radius 3 is 2.47 bits per heavy atom. The molecule has 0 radical (unpaired) electrons. The number of carboxylic acid groups (broad SMARTS) is 1. The van der Waals surface area contributed by atoms with Crippen LogP contribution < -0.4 is 5.32 Å². The van der Waals surface area contributed by atoms with Gasteiger partial charge in [0.25, 0.3) is 0 Å². The van der Waals surface area contributed by atoms with E-state index in [9.17, 15) is 4.79 Å². The van der Waals surface area contributed by atoms with Gasteiger partial charge in [0.05, 0.1) is 0 Å². The summed E-state index contributed by atoms with van der Waals surface area (Å²) in [4.78, 5) is 10.7. The van der Waals surface area contributed by atoms with Crippen molar-refractivity contribution in [3.05, 3.63) is 23.3 Å². The quantitative estimate of drug-likeness (QED) is 0.463. The van der Waals surface area contributed by atoms with Crippen LogP contribution in [0.15, 0.2) is 23.3 Å². The first-order valence-corrected chi connectivity index (χ1v) is 6.46. The molecular formula is C13H23NO2S. The minimum atomic E-state index is -0.851. The number of nitrogens with one attached hydrogen (secondary N) is 1. The van der Waals surface area contributed by atoms with E-state index >= 15 is 0 Å². The van der Waals surface area contributed by atoms with E-state index in [4.69, 9.17) is 5.11 Å². The standard InChI is InChI=1S/C13H23NO2S/c1-10(2)5-4-6-11(3)7-8-14-12(9-17)13(15)16/h5,7,12,14,17H,4,6,8-9H2,1-3H3,(H,15,16)/t12-/m0/s1. The third-order valence-corrected chi connectivity index (χ3v) is 2.75. The number of hydrogen-bond donors (Lipinski definition) is 3. The molecule has 0 unspecified atom stereocenters. The largest absolute Gasteiger partial charge is 0.480 e. The van der Waals surface area contributed by atoms with E-state index in [1.807, 2.05) is 6.08 Å². The smallest absolute Gasteiger partial charge is 0.321 e. The summed E-state index contributed by atoms with van der Waals surface area (Å²) in [5, 5.41) is 11.7. The zero-order chi connectivity index (χ0) is 13.3. The third-order valence-electron chi connectivity index (χ3n) is 2.39. The molecule has 0 aromatic rings. The number of thiol groups is 1. The molecule has 0 spiro atoms. The Kier molecular flexibility index (Phi) is 8.90. The van der Waals surface area contributed by atoms with Crippen molar-refractivity contribution in [1.82, 2.24) is 5.32 Å². The average Bonchev–Trinajstić information content (AvgIpc) is 2.23. The van der Waals surface area contributed by atoms with Crippen LogP contribution in [-0.4, -0.2) is 29.4 Å². The van der Waals surface area contributed by atoms with Crippen LogP contribution in [0.1, 0.15) is 33.6 Å². The van der Waals surface area contributed by atoms with Crippen molar-refractivity contribution in [2.24, 2.45) is 0 Å². The van der Waals surface area contributed by atoms with Gasteiger partial charge in [-0.1, -0.05) is 23.3 Å². The first-order valence-electron chi connectivity index (χ1n) is 5.83. The lowest BCUT2D eigenvalue weighted by molar-refractivity contribution is -0.138. The molecule has 0 aliphatic heterocycles. The summed E-state index contributed by atoms with van der Waals surface area (Å²) < 4.78 is 0. The molecule has 0 aromatic carbocycles. The zero-order valence-corrected chi connectivity index (χ0v) is 11.8. The van der Waals surface area contributed by atoms with Crippen molar-refractivity contribution < 1.29 is 9.90 Å². The second-order valence-corrected chi connectivity index (χ2v) is 4.72. The van der Waals surface area contributed by atoms with Gasteiger partial charge in [0.15, 0.2) is 0 Å². The van der Waals surface area contributed by atoms with E-state index in [0.29, 0.717) is 12.3 Å². The van der Waals surface area contributed by atoms with Gasteiger partial charge in [-0.15, -0.1) is 0 Å². The van der Waals surface area contributed by atoms with E-state index in [1.54, 1.807) is 0 Å². The van der Waals surface area contributed by atoms with Crippen LogP contribution >= 0.6 is 12.6 Å². The monoisotopic (exact) mass is 257 g/mol. The molecule has 0 aromatic heterocycles. The molecule has 17 heavy (non-hydrogen) atoms. The Morgan fingerprint density at radius 1 is 1.35 bits per heavy atom. The zero-order valence-electron chi connectivity index (χ0n) is 10.9. The summed E-state index contributed by atoms with van der Waals surface area (Å²) in [7, 11) is 0.